The lowest BCUT2D eigenvalue weighted by Gasteiger charge is -2.31. The van der Waals surface area contributed by atoms with Crippen molar-refractivity contribution >= 4 is 5.69 Å². The molecule has 0 amide bonds. The molecule has 0 spiro atoms. The van der Waals surface area contributed by atoms with Crippen molar-refractivity contribution < 1.29 is 14.6 Å². The average Bonchev–Trinajstić information content (AvgIpc) is 2.80. The van der Waals surface area contributed by atoms with Gasteiger partial charge in [0.1, 0.15) is 0 Å². The van der Waals surface area contributed by atoms with Gasteiger partial charge in [0.2, 0.25) is 6.79 Å². The van der Waals surface area contributed by atoms with Crippen molar-refractivity contribution in [3.63, 3.8) is 0 Å². The number of likely N-dealkylation sites (N-methyl/N-ethyl adjacent to an activating group) is 1. The Bertz CT molecular complexity index is 452. The third-order valence-corrected chi connectivity index (χ3v) is 3.80. The van der Waals surface area contributed by atoms with Gasteiger partial charge in [0.05, 0.1) is 12.6 Å². The number of benzene rings is 1. The van der Waals surface area contributed by atoms with Gasteiger partial charge in [-0.2, -0.15) is 0 Å². The zero-order valence-electron chi connectivity index (χ0n) is 11.2. The molecule has 0 aliphatic carbocycles. The summed E-state index contributed by atoms with van der Waals surface area (Å²) in [5.41, 5.74) is 1.10. The molecule has 5 nitrogen and oxygen atoms in total. The summed E-state index contributed by atoms with van der Waals surface area (Å²) >= 11 is 0. The first-order valence-electron chi connectivity index (χ1n) is 6.73. The van der Waals surface area contributed by atoms with E-state index in [-0.39, 0.29) is 12.6 Å². The Morgan fingerprint density at radius 2 is 2.11 bits per heavy atom. The summed E-state index contributed by atoms with van der Waals surface area (Å²) in [7, 11) is 2.10. The van der Waals surface area contributed by atoms with Crippen LogP contribution in [0.15, 0.2) is 18.2 Å². The minimum absolute atomic E-state index is 0.132. The fourth-order valence-corrected chi connectivity index (χ4v) is 2.80. The van der Waals surface area contributed by atoms with E-state index in [1.54, 1.807) is 0 Å². The van der Waals surface area contributed by atoms with Crippen LogP contribution in [0.5, 0.6) is 11.5 Å². The summed E-state index contributed by atoms with van der Waals surface area (Å²) in [6, 6.07) is 6.13. The number of aliphatic hydroxyl groups excluding tert-OH is 1. The summed E-state index contributed by atoms with van der Waals surface area (Å²) in [5.74, 6) is 1.60. The molecular weight excluding hydrogens is 244 g/mol. The van der Waals surface area contributed by atoms with Crippen LogP contribution in [0.4, 0.5) is 5.69 Å². The average molecular weight is 264 g/mol. The first-order valence-corrected chi connectivity index (χ1v) is 6.73. The molecule has 1 aromatic rings. The van der Waals surface area contributed by atoms with E-state index in [0.29, 0.717) is 6.79 Å². The van der Waals surface area contributed by atoms with E-state index in [2.05, 4.69) is 16.8 Å². The van der Waals surface area contributed by atoms with Crippen molar-refractivity contribution in [3.05, 3.63) is 18.2 Å². The first-order chi connectivity index (χ1) is 9.28. The van der Waals surface area contributed by atoms with Gasteiger partial charge in [-0.15, -0.1) is 0 Å². The number of fused-ring (bicyclic) bond motifs is 1. The zero-order valence-corrected chi connectivity index (χ0v) is 11.2. The van der Waals surface area contributed by atoms with Crippen LogP contribution in [0.3, 0.4) is 0 Å². The van der Waals surface area contributed by atoms with E-state index in [4.69, 9.17) is 9.47 Å². The molecule has 2 aliphatic heterocycles. The number of anilines is 1. The number of hydrogen-bond donors (Lipinski definition) is 1. The lowest BCUT2D eigenvalue weighted by Crippen LogP contribution is -2.42. The van der Waals surface area contributed by atoms with E-state index >= 15 is 0 Å². The van der Waals surface area contributed by atoms with Crippen molar-refractivity contribution in [1.82, 2.24) is 4.90 Å². The van der Waals surface area contributed by atoms with E-state index in [1.807, 2.05) is 18.2 Å². The Morgan fingerprint density at radius 1 is 1.26 bits per heavy atom. The van der Waals surface area contributed by atoms with Crippen LogP contribution in [0.2, 0.25) is 0 Å². The minimum Gasteiger partial charge on any atom is -0.454 e. The van der Waals surface area contributed by atoms with E-state index < -0.39 is 0 Å². The van der Waals surface area contributed by atoms with Gasteiger partial charge in [0, 0.05) is 24.8 Å². The Hall–Kier alpha value is -1.46. The topological polar surface area (TPSA) is 45.2 Å². The maximum Gasteiger partial charge on any atom is 0.231 e. The van der Waals surface area contributed by atoms with Crippen molar-refractivity contribution in [1.29, 1.82) is 0 Å². The maximum absolute atomic E-state index is 9.63. The van der Waals surface area contributed by atoms with E-state index in [9.17, 15) is 5.11 Å². The molecule has 0 saturated carbocycles. The van der Waals surface area contributed by atoms with Crippen LogP contribution < -0.4 is 14.4 Å². The quantitative estimate of drug-likeness (QED) is 0.860. The molecular formula is C14H20N2O3. The predicted octanol–water partition coefficient (Wildman–Crippen LogP) is 0.918. The highest BCUT2D eigenvalue weighted by atomic mass is 16.7. The Kier molecular flexibility index (Phi) is 3.48. The third kappa shape index (κ3) is 2.48. The highest BCUT2D eigenvalue weighted by Crippen LogP contribution is 2.36. The number of rotatable bonds is 2. The van der Waals surface area contributed by atoms with Crippen molar-refractivity contribution in [2.75, 3.05) is 45.0 Å². The van der Waals surface area contributed by atoms with E-state index in [0.717, 1.165) is 43.2 Å². The van der Waals surface area contributed by atoms with Gasteiger partial charge in [-0.05, 0) is 32.1 Å². The molecule has 0 aromatic heterocycles. The van der Waals surface area contributed by atoms with Gasteiger partial charge >= 0.3 is 0 Å². The molecule has 2 heterocycles. The smallest absolute Gasteiger partial charge is 0.231 e. The predicted molar refractivity (Wildman–Crippen MR) is 72.9 cm³/mol. The molecule has 0 bridgehead atoms. The highest BCUT2D eigenvalue weighted by molar-refractivity contribution is 5.57. The molecule has 1 aromatic carbocycles. The number of hydrogen-bond acceptors (Lipinski definition) is 5. The Balaban J connectivity index is 1.86. The van der Waals surface area contributed by atoms with Crippen LogP contribution in [-0.4, -0.2) is 56.1 Å². The summed E-state index contributed by atoms with van der Waals surface area (Å²) in [6.45, 7) is 3.36. The summed E-state index contributed by atoms with van der Waals surface area (Å²) in [6.07, 6.45) is 1.10. The maximum atomic E-state index is 9.63. The standard InChI is InChI=1S/C14H20N2O3/c1-15-5-2-6-16(12(8-15)9-17)11-3-4-13-14(7-11)19-10-18-13/h3-4,7,12,17H,2,5-6,8-10H2,1H3. The normalized spacial score (nSPS) is 23.5. The number of nitrogens with zero attached hydrogens (tertiary/aromatic N) is 2. The molecule has 1 unspecified atom stereocenters. The Labute approximate surface area is 113 Å². The van der Waals surface area contributed by atoms with Crippen LogP contribution in [0.1, 0.15) is 6.42 Å². The molecule has 1 atom stereocenters. The van der Waals surface area contributed by atoms with Crippen molar-refractivity contribution in [2.45, 2.75) is 12.5 Å². The summed E-state index contributed by atoms with van der Waals surface area (Å²) < 4.78 is 10.8. The van der Waals surface area contributed by atoms with E-state index in [1.165, 1.54) is 0 Å². The largest absolute Gasteiger partial charge is 0.454 e. The zero-order chi connectivity index (χ0) is 13.2. The molecule has 3 rings (SSSR count). The third-order valence-electron chi connectivity index (χ3n) is 3.80. The second-order valence-electron chi connectivity index (χ2n) is 5.18. The molecule has 5 heteroatoms. The lowest BCUT2D eigenvalue weighted by molar-refractivity contribution is 0.174. The van der Waals surface area contributed by atoms with Crippen molar-refractivity contribution in [3.8, 4) is 11.5 Å². The van der Waals surface area contributed by atoms with Crippen LogP contribution in [0, 0.1) is 0 Å². The molecule has 1 saturated heterocycles. The van der Waals surface area contributed by atoms with Gasteiger partial charge < -0.3 is 24.4 Å². The van der Waals surface area contributed by atoms with Gasteiger partial charge in [0.25, 0.3) is 0 Å². The second-order valence-corrected chi connectivity index (χ2v) is 5.18. The summed E-state index contributed by atoms with van der Waals surface area (Å²) in [5, 5.41) is 9.63. The molecule has 1 N–H and O–H groups in total. The molecule has 0 radical (unpaired) electrons. The van der Waals surface area contributed by atoms with Gasteiger partial charge in [-0.25, -0.2) is 0 Å². The highest BCUT2D eigenvalue weighted by Gasteiger charge is 2.24. The molecule has 19 heavy (non-hydrogen) atoms. The van der Waals surface area contributed by atoms with Gasteiger partial charge in [-0.3, -0.25) is 0 Å². The van der Waals surface area contributed by atoms with Gasteiger partial charge in [-0.1, -0.05) is 0 Å². The fourth-order valence-electron chi connectivity index (χ4n) is 2.80. The van der Waals surface area contributed by atoms with Gasteiger partial charge in [0.15, 0.2) is 11.5 Å². The molecule has 104 valence electrons. The molecule has 2 aliphatic rings. The first kappa shape index (κ1) is 12.6. The summed E-state index contributed by atoms with van der Waals surface area (Å²) in [4.78, 5) is 4.54. The van der Waals surface area contributed by atoms with Crippen LogP contribution in [0.25, 0.3) is 0 Å². The lowest BCUT2D eigenvalue weighted by atomic mass is 10.2. The second kappa shape index (κ2) is 5.27. The number of ether oxygens (including phenoxy) is 2. The monoisotopic (exact) mass is 264 g/mol. The fraction of sp³-hybridized carbons (Fsp3) is 0.571. The molecule has 1 fully saturated rings. The Morgan fingerprint density at radius 3 is 2.95 bits per heavy atom. The van der Waals surface area contributed by atoms with Crippen LogP contribution in [-0.2, 0) is 0 Å². The number of aliphatic hydroxyl groups is 1. The SMILES string of the molecule is CN1CCCN(c2ccc3c(c2)OCO3)C(CO)C1. The minimum atomic E-state index is 0.132. The van der Waals surface area contributed by atoms with Crippen molar-refractivity contribution in [2.24, 2.45) is 0 Å². The van der Waals surface area contributed by atoms with Crippen LogP contribution >= 0.6 is 0 Å².